The molecule has 3 N–H and O–H groups in total. The summed E-state index contributed by atoms with van der Waals surface area (Å²) >= 11 is 0. The van der Waals surface area contributed by atoms with Crippen molar-refractivity contribution in [1.82, 2.24) is 20.1 Å². The van der Waals surface area contributed by atoms with E-state index in [9.17, 15) is 4.79 Å². The Kier molecular flexibility index (Phi) is 3.79. The summed E-state index contributed by atoms with van der Waals surface area (Å²) in [6.07, 6.45) is 3.15. The highest BCUT2D eigenvalue weighted by atomic mass is 16.2. The van der Waals surface area contributed by atoms with Gasteiger partial charge in [0.2, 0.25) is 0 Å². The zero-order valence-corrected chi connectivity index (χ0v) is 11.0. The smallest absolute Gasteiger partial charge is 0.274 e. The lowest BCUT2D eigenvalue weighted by Crippen LogP contribution is -2.37. The largest absolute Gasteiger partial charge is 0.396 e. The van der Waals surface area contributed by atoms with E-state index in [1.165, 1.54) is 6.20 Å². The predicted molar refractivity (Wildman–Crippen MR) is 72.2 cm³/mol. The van der Waals surface area contributed by atoms with Crippen molar-refractivity contribution in [2.45, 2.75) is 26.4 Å². The van der Waals surface area contributed by atoms with Crippen molar-refractivity contribution in [3.63, 3.8) is 0 Å². The summed E-state index contributed by atoms with van der Waals surface area (Å²) in [6.45, 7) is 4.34. The van der Waals surface area contributed by atoms with Gasteiger partial charge in [0.15, 0.2) is 0 Å². The second-order valence-corrected chi connectivity index (χ2v) is 4.55. The van der Waals surface area contributed by atoms with Crippen LogP contribution in [0.2, 0.25) is 0 Å². The van der Waals surface area contributed by atoms with Gasteiger partial charge in [0.1, 0.15) is 5.69 Å². The molecule has 0 unspecified atom stereocenters. The first-order chi connectivity index (χ1) is 9.09. The maximum absolute atomic E-state index is 12.4. The van der Waals surface area contributed by atoms with Crippen LogP contribution in [0, 0.1) is 0 Å². The number of H-pyrrole nitrogens is 1. The molecule has 100 valence electrons. The zero-order chi connectivity index (χ0) is 13.8. The zero-order valence-electron chi connectivity index (χ0n) is 11.0. The highest BCUT2D eigenvalue weighted by Crippen LogP contribution is 2.14. The maximum Gasteiger partial charge on any atom is 0.274 e. The number of hydrogen-bond acceptors (Lipinski definition) is 4. The summed E-state index contributed by atoms with van der Waals surface area (Å²) in [5, 5.41) is 6.42. The third-order valence-corrected chi connectivity index (χ3v) is 2.83. The standard InChI is InChI=1S/C13H17N5O/c1-9(2)18(8-10-5-3-4-6-15-10)13(19)12-11(14)7-16-17-12/h3-7,9H,8,14H2,1-2H3,(H,16,17). The van der Waals surface area contributed by atoms with Crippen molar-refractivity contribution in [3.8, 4) is 0 Å². The van der Waals surface area contributed by atoms with E-state index in [2.05, 4.69) is 15.2 Å². The Morgan fingerprint density at radius 2 is 2.26 bits per heavy atom. The molecule has 0 saturated heterocycles. The number of carbonyl (C=O) groups excluding carboxylic acids is 1. The van der Waals surface area contributed by atoms with Crippen LogP contribution >= 0.6 is 0 Å². The Hall–Kier alpha value is -2.37. The molecular formula is C13H17N5O. The normalized spacial score (nSPS) is 10.7. The van der Waals surface area contributed by atoms with E-state index >= 15 is 0 Å². The predicted octanol–water partition coefficient (Wildman–Crippen LogP) is 1.44. The molecule has 6 heteroatoms. The van der Waals surface area contributed by atoms with Gasteiger partial charge in [-0.15, -0.1) is 0 Å². The topological polar surface area (TPSA) is 87.9 Å². The third kappa shape index (κ3) is 2.90. The van der Waals surface area contributed by atoms with Crippen LogP contribution in [0.4, 0.5) is 5.69 Å². The fraction of sp³-hybridized carbons (Fsp3) is 0.308. The van der Waals surface area contributed by atoms with Crippen LogP contribution in [0.25, 0.3) is 0 Å². The van der Waals surface area contributed by atoms with Gasteiger partial charge in [0, 0.05) is 12.2 Å². The summed E-state index contributed by atoms with van der Waals surface area (Å²) in [5.74, 6) is -0.171. The van der Waals surface area contributed by atoms with Crippen LogP contribution in [-0.4, -0.2) is 32.0 Å². The van der Waals surface area contributed by atoms with Gasteiger partial charge in [0.25, 0.3) is 5.91 Å². The van der Waals surface area contributed by atoms with Gasteiger partial charge in [-0.2, -0.15) is 5.10 Å². The first kappa shape index (κ1) is 13.1. The number of nitrogens with one attached hydrogen (secondary N) is 1. The molecule has 6 nitrogen and oxygen atoms in total. The number of carbonyl (C=O) groups is 1. The molecule has 2 aromatic heterocycles. The van der Waals surface area contributed by atoms with Crippen molar-refractivity contribution in [2.75, 3.05) is 5.73 Å². The lowest BCUT2D eigenvalue weighted by atomic mass is 10.2. The van der Waals surface area contributed by atoms with Gasteiger partial charge in [-0.1, -0.05) is 6.07 Å². The summed E-state index contributed by atoms with van der Waals surface area (Å²) in [7, 11) is 0. The van der Waals surface area contributed by atoms with E-state index < -0.39 is 0 Å². The molecule has 2 aromatic rings. The molecule has 0 radical (unpaired) electrons. The summed E-state index contributed by atoms with van der Waals surface area (Å²) in [6, 6.07) is 5.67. The van der Waals surface area contributed by atoms with Crippen molar-refractivity contribution in [1.29, 1.82) is 0 Å². The molecule has 1 amide bonds. The lowest BCUT2D eigenvalue weighted by Gasteiger charge is -2.26. The highest BCUT2D eigenvalue weighted by Gasteiger charge is 2.22. The van der Waals surface area contributed by atoms with Gasteiger partial charge in [-0.25, -0.2) is 0 Å². The Morgan fingerprint density at radius 1 is 1.47 bits per heavy atom. The van der Waals surface area contributed by atoms with Crippen molar-refractivity contribution in [2.24, 2.45) is 0 Å². The number of rotatable bonds is 4. The molecule has 0 saturated carbocycles. The molecule has 0 bridgehead atoms. The van der Waals surface area contributed by atoms with E-state index in [-0.39, 0.29) is 11.9 Å². The number of aromatic nitrogens is 3. The first-order valence-corrected chi connectivity index (χ1v) is 6.09. The quantitative estimate of drug-likeness (QED) is 0.869. The number of aromatic amines is 1. The minimum atomic E-state index is -0.171. The molecule has 0 fully saturated rings. The summed E-state index contributed by atoms with van der Waals surface area (Å²) in [5.41, 5.74) is 7.23. The number of anilines is 1. The van der Waals surface area contributed by atoms with E-state index in [1.54, 1.807) is 11.1 Å². The van der Waals surface area contributed by atoms with E-state index in [1.807, 2.05) is 32.0 Å². The molecular weight excluding hydrogens is 242 g/mol. The number of nitrogen functional groups attached to an aromatic ring is 1. The first-order valence-electron chi connectivity index (χ1n) is 6.09. The van der Waals surface area contributed by atoms with Gasteiger partial charge in [0.05, 0.1) is 24.1 Å². The fourth-order valence-corrected chi connectivity index (χ4v) is 1.77. The molecule has 2 rings (SSSR count). The van der Waals surface area contributed by atoms with Gasteiger partial charge < -0.3 is 10.6 Å². The lowest BCUT2D eigenvalue weighted by molar-refractivity contribution is 0.0683. The fourth-order valence-electron chi connectivity index (χ4n) is 1.77. The van der Waals surface area contributed by atoms with Crippen molar-refractivity contribution < 1.29 is 4.79 Å². The number of amides is 1. The number of hydrogen-bond donors (Lipinski definition) is 2. The molecule has 19 heavy (non-hydrogen) atoms. The minimum Gasteiger partial charge on any atom is -0.396 e. The monoisotopic (exact) mass is 259 g/mol. The third-order valence-electron chi connectivity index (χ3n) is 2.83. The molecule has 0 aliphatic rings. The molecule has 0 atom stereocenters. The van der Waals surface area contributed by atoms with Crippen LogP contribution in [-0.2, 0) is 6.54 Å². The Bertz CT molecular complexity index is 549. The molecule has 0 aliphatic heterocycles. The molecule has 2 heterocycles. The van der Waals surface area contributed by atoms with Crippen molar-refractivity contribution >= 4 is 11.6 Å². The van der Waals surface area contributed by atoms with Crippen molar-refractivity contribution in [3.05, 3.63) is 42.0 Å². The van der Waals surface area contributed by atoms with Crippen LogP contribution in [0.5, 0.6) is 0 Å². The summed E-state index contributed by atoms with van der Waals surface area (Å²) in [4.78, 5) is 18.4. The average Bonchev–Trinajstić information content (AvgIpc) is 2.82. The van der Waals surface area contributed by atoms with E-state index in [4.69, 9.17) is 5.73 Å². The molecule has 0 spiro atoms. The van der Waals surface area contributed by atoms with Crippen LogP contribution in [0.15, 0.2) is 30.6 Å². The Labute approximate surface area is 111 Å². The highest BCUT2D eigenvalue weighted by molar-refractivity contribution is 5.97. The second kappa shape index (κ2) is 5.51. The maximum atomic E-state index is 12.4. The number of nitrogens with zero attached hydrogens (tertiary/aromatic N) is 3. The number of nitrogens with two attached hydrogens (primary N) is 1. The molecule has 0 aromatic carbocycles. The minimum absolute atomic E-state index is 0.0391. The van der Waals surface area contributed by atoms with Gasteiger partial charge >= 0.3 is 0 Å². The van der Waals surface area contributed by atoms with E-state index in [0.29, 0.717) is 17.9 Å². The van der Waals surface area contributed by atoms with Crippen LogP contribution in [0.1, 0.15) is 30.0 Å². The Morgan fingerprint density at radius 3 is 2.79 bits per heavy atom. The Balaban J connectivity index is 2.22. The second-order valence-electron chi connectivity index (χ2n) is 4.55. The van der Waals surface area contributed by atoms with Gasteiger partial charge in [-0.3, -0.25) is 14.9 Å². The van der Waals surface area contributed by atoms with Crippen LogP contribution in [0.3, 0.4) is 0 Å². The number of pyridine rings is 1. The van der Waals surface area contributed by atoms with E-state index in [0.717, 1.165) is 5.69 Å². The average molecular weight is 259 g/mol. The van der Waals surface area contributed by atoms with Crippen LogP contribution < -0.4 is 5.73 Å². The SMILES string of the molecule is CC(C)N(Cc1ccccn1)C(=O)c1[nH]ncc1N. The molecule has 0 aliphatic carbocycles. The summed E-state index contributed by atoms with van der Waals surface area (Å²) < 4.78 is 0. The van der Waals surface area contributed by atoms with Gasteiger partial charge in [-0.05, 0) is 26.0 Å².